The van der Waals surface area contributed by atoms with Crippen LogP contribution < -0.4 is 0 Å². The number of Topliss-reactive ketones (excluding diaryl/α,β-unsaturated/α-hetero) is 1. The molecule has 0 heterocycles. The number of ketones is 1. The Bertz CT molecular complexity index is 601. The summed E-state index contributed by atoms with van der Waals surface area (Å²) in [4.78, 5) is 25.1. The molecule has 1 unspecified atom stereocenters. The lowest BCUT2D eigenvalue weighted by Crippen LogP contribution is -2.47. The van der Waals surface area contributed by atoms with Gasteiger partial charge in [0.25, 0.3) is 0 Å². The Morgan fingerprint density at radius 3 is 2.33 bits per heavy atom. The van der Waals surface area contributed by atoms with Crippen molar-refractivity contribution in [2.75, 3.05) is 7.11 Å². The molecule has 2 bridgehead atoms. The van der Waals surface area contributed by atoms with Crippen LogP contribution in [0.15, 0.2) is 23.3 Å². The second-order valence-corrected chi connectivity index (χ2v) is 8.41. The van der Waals surface area contributed by atoms with Crippen molar-refractivity contribution in [3.8, 4) is 0 Å². The number of carbonyl (C=O) groups excluding carboxylic acids is 2. The fraction of sp³-hybridized carbons (Fsp3) is 0.714. The fourth-order valence-corrected chi connectivity index (χ4v) is 5.66. The van der Waals surface area contributed by atoms with Gasteiger partial charge in [0.05, 0.1) is 12.5 Å². The van der Waals surface area contributed by atoms with E-state index in [1.165, 1.54) is 12.7 Å². The van der Waals surface area contributed by atoms with E-state index in [0.29, 0.717) is 6.42 Å². The van der Waals surface area contributed by atoms with Crippen LogP contribution in [0.5, 0.6) is 0 Å². The lowest BCUT2D eigenvalue weighted by molar-refractivity contribution is -0.161. The first-order valence-corrected chi connectivity index (χ1v) is 9.31. The van der Waals surface area contributed by atoms with Crippen LogP contribution in [0.1, 0.15) is 71.6 Å². The molecular formula is C21H30O3. The van der Waals surface area contributed by atoms with Crippen LogP contribution in [0.3, 0.4) is 0 Å². The van der Waals surface area contributed by atoms with E-state index in [-0.39, 0.29) is 28.5 Å². The molecule has 2 fully saturated rings. The Balaban J connectivity index is 2.00. The molecule has 1 atom stereocenters. The van der Waals surface area contributed by atoms with E-state index in [0.717, 1.165) is 62.5 Å². The summed E-state index contributed by atoms with van der Waals surface area (Å²) >= 11 is 0. The highest BCUT2D eigenvalue weighted by Crippen LogP contribution is 2.61. The van der Waals surface area contributed by atoms with Gasteiger partial charge >= 0.3 is 5.97 Å². The van der Waals surface area contributed by atoms with Crippen LogP contribution in [0.2, 0.25) is 0 Å². The molecule has 0 aromatic rings. The zero-order valence-corrected chi connectivity index (χ0v) is 15.4. The monoisotopic (exact) mass is 330 g/mol. The number of fused-ring (bicyclic) bond motifs is 2. The summed E-state index contributed by atoms with van der Waals surface area (Å²) in [5, 5.41) is 0. The second-order valence-electron chi connectivity index (χ2n) is 8.41. The predicted octanol–water partition coefficient (Wildman–Crippen LogP) is 4.76. The average molecular weight is 330 g/mol. The third-order valence-corrected chi connectivity index (χ3v) is 7.01. The summed E-state index contributed by atoms with van der Waals surface area (Å²) in [7, 11) is 1.51. The van der Waals surface area contributed by atoms with Gasteiger partial charge in [0.15, 0.2) is 5.78 Å². The normalized spacial score (nSPS) is 36.5. The van der Waals surface area contributed by atoms with Gasteiger partial charge in [0, 0.05) is 6.42 Å². The third-order valence-electron chi connectivity index (χ3n) is 7.01. The summed E-state index contributed by atoms with van der Waals surface area (Å²) in [5.41, 5.74) is 3.11. The topological polar surface area (TPSA) is 43.4 Å². The molecule has 0 saturated heterocycles. The van der Waals surface area contributed by atoms with Gasteiger partial charge < -0.3 is 4.74 Å². The van der Waals surface area contributed by atoms with Crippen LogP contribution in [-0.2, 0) is 14.3 Å². The molecule has 3 rings (SSSR count). The zero-order chi connectivity index (χ0) is 17.5. The molecule has 0 amide bonds. The number of hydrogen-bond acceptors (Lipinski definition) is 3. The van der Waals surface area contributed by atoms with Crippen molar-refractivity contribution in [3.63, 3.8) is 0 Å². The summed E-state index contributed by atoms with van der Waals surface area (Å²) in [6.45, 7) is 8.14. The maximum absolute atomic E-state index is 12.6. The number of rotatable bonds is 3. The van der Waals surface area contributed by atoms with Crippen LogP contribution in [-0.4, -0.2) is 18.9 Å². The third kappa shape index (κ3) is 2.66. The molecule has 132 valence electrons. The second kappa shape index (κ2) is 6.16. The van der Waals surface area contributed by atoms with Crippen molar-refractivity contribution in [1.29, 1.82) is 0 Å². The van der Waals surface area contributed by atoms with Gasteiger partial charge in [-0.3, -0.25) is 9.59 Å². The number of ether oxygens (including phenoxy) is 1. The van der Waals surface area contributed by atoms with Gasteiger partial charge in [-0.1, -0.05) is 30.6 Å². The number of methoxy groups -OCH3 is 1. The number of esters is 1. The summed E-state index contributed by atoms with van der Waals surface area (Å²) in [6, 6.07) is 0. The molecule has 0 aliphatic heterocycles. The van der Waals surface area contributed by atoms with E-state index in [4.69, 9.17) is 4.74 Å². The Morgan fingerprint density at radius 2 is 1.79 bits per heavy atom. The van der Waals surface area contributed by atoms with Crippen molar-refractivity contribution < 1.29 is 14.3 Å². The van der Waals surface area contributed by atoms with Crippen LogP contribution in [0.4, 0.5) is 0 Å². The van der Waals surface area contributed by atoms with Gasteiger partial charge in [0.2, 0.25) is 0 Å². The Hall–Kier alpha value is -1.38. The lowest BCUT2D eigenvalue weighted by Gasteiger charge is -2.53. The minimum atomic E-state index is -0.322. The molecule has 0 aromatic heterocycles. The Kier molecular flexibility index (Phi) is 4.48. The van der Waals surface area contributed by atoms with E-state index in [9.17, 15) is 9.59 Å². The maximum Gasteiger partial charge on any atom is 0.311 e. The average Bonchev–Trinajstić information content (AvgIpc) is 2.56. The van der Waals surface area contributed by atoms with Crippen molar-refractivity contribution in [2.24, 2.45) is 16.7 Å². The molecule has 3 heteroatoms. The highest BCUT2D eigenvalue weighted by Gasteiger charge is 2.54. The van der Waals surface area contributed by atoms with Crippen molar-refractivity contribution >= 4 is 11.8 Å². The summed E-state index contributed by atoms with van der Waals surface area (Å²) in [6.07, 6.45) is 8.61. The summed E-state index contributed by atoms with van der Waals surface area (Å²) in [5.74, 6) is 0.503. The van der Waals surface area contributed by atoms with Crippen molar-refractivity contribution in [3.05, 3.63) is 23.3 Å². The van der Waals surface area contributed by atoms with Gasteiger partial charge in [-0.2, -0.15) is 0 Å². The first kappa shape index (κ1) is 17.4. The first-order chi connectivity index (χ1) is 11.3. The molecule has 24 heavy (non-hydrogen) atoms. The first-order valence-electron chi connectivity index (χ1n) is 9.31. The molecular weight excluding hydrogens is 300 g/mol. The van der Waals surface area contributed by atoms with Gasteiger partial charge in [-0.05, 0) is 69.3 Å². The SMILES string of the molecule is C=C(C)C1CC(=O)C(C)=C(C23CCCC(C(=O)OC)(CCC2)C3)C1. The van der Waals surface area contributed by atoms with E-state index in [1.807, 2.05) is 13.8 Å². The number of hydrogen-bond donors (Lipinski definition) is 0. The molecule has 2 saturated carbocycles. The molecule has 0 spiro atoms. The van der Waals surface area contributed by atoms with E-state index < -0.39 is 0 Å². The minimum absolute atomic E-state index is 0.0263. The van der Waals surface area contributed by atoms with E-state index in [1.54, 1.807) is 0 Å². The van der Waals surface area contributed by atoms with Crippen LogP contribution >= 0.6 is 0 Å². The Morgan fingerprint density at radius 1 is 1.17 bits per heavy atom. The largest absolute Gasteiger partial charge is 0.469 e. The van der Waals surface area contributed by atoms with Crippen molar-refractivity contribution in [1.82, 2.24) is 0 Å². The summed E-state index contributed by atoms with van der Waals surface area (Å²) < 4.78 is 5.17. The molecule has 0 N–H and O–H groups in total. The predicted molar refractivity (Wildman–Crippen MR) is 94.4 cm³/mol. The van der Waals surface area contributed by atoms with Crippen LogP contribution in [0, 0.1) is 16.7 Å². The zero-order valence-electron chi connectivity index (χ0n) is 15.4. The standard InChI is InChI=1S/C21H30O3/c1-14(2)16-11-17(15(3)18(22)12-16)20-7-5-9-21(13-20,10-6-8-20)19(23)24-4/h16H,1,5-13H2,2-4H3. The number of allylic oxidation sites excluding steroid dienone is 3. The molecule has 3 aliphatic rings. The molecule has 3 aliphatic carbocycles. The maximum atomic E-state index is 12.6. The van der Waals surface area contributed by atoms with Crippen molar-refractivity contribution in [2.45, 2.75) is 71.6 Å². The minimum Gasteiger partial charge on any atom is -0.469 e. The highest BCUT2D eigenvalue weighted by atomic mass is 16.5. The lowest BCUT2D eigenvalue weighted by atomic mass is 9.50. The molecule has 3 nitrogen and oxygen atoms in total. The molecule has 0 aromatic carbocycles. The van der Waals surface area contributed by atoms with Gasteiger partial charge in [0.1, 0.15) is 0 Å². The van der Waals surface area contributed by atoms with Crippen LogP contribution in [0.25, 0.3) is 0 Å². The smallest absolute Gasteiger partial charge is 0.311 e. The fourth-order valence-electron chi connectivity index (χ4n) is 5.66. The Labute approximate surface area is 145 Å². The highest BCUT2D eigenvalue weighted by molar-refractivity contribution is 5.97. The van der Waals surface area contributed by atoms with E-state index >= 15 is 0 Å². The molecule has 0 radical (unpaired) electrons. The number of carbonyl (C=O) groups is 2. The van der Waals surface area contributed by atoms with Gasteiger partial charge in [-0.25, -0.2) is 0 Å². The quantitative estimate of drug-likeness (QED) is 0.553. The van der Waals surface area contributed by atoms with Gasteiger partial charge in [-0.15, -0.1) is 0 Å². The van der Waals surface area contributed by atoms with E-state index in [2.05, 4.69) is 6.58 Å².